The summed E-state index contributed by atoms with van der Waals surface area (Å²) in [4.78, 5) is 11.8. The van der Waals surface area contributed by atoms with E-state index in [0.29, 0.717) is 18.2 Å². The van der Waals surface area contributed by atoms with Gasteiger partial charge < -0.3 is 11.1 Å². The number of alkyl halides is 3. The van der Waals surface area contributed by atoms with Gasteiger partial charge in [-0.15, -0.1) is 12.4 Å². The van der Waals surface area contributed by atoms with E-state index >= 15 is 0 Å². The molecule has 2 rings (SSSR count). The van der Waals surface area contributed by atoms with Crippen molar-refractivity contribution in [3.05, 3.63) is 35.1 Å². The van der Waals surface area contributed by atoms with Gasteiger partial charge in [0.05, 0.1) is 11.1 Å². The average Bonchev–Trinajstić information content (AvgIpc) is 2.32. The van der Waals surface area contributed by atoms with Crippen LogP contribution < -0.4 is 11.1 Å². The predicted molar refractivity (Wildman–Crippen MR) is 71.8 cm³/mol. The van der Waals surface area contributed by atoms with Crippen LogP contribution in [0.3, 0.4) is 0 Å². The van der Waals surface area contributed by atoms with E-state index in [1.807, 2.05) is 0 Å². The van der Waals surface area contributed by atoms with Crippen molar-refractivity contribution in [3.63, 3.8) is 0 Å². The van der Waals surface area contributed by atoms with Crippen LogP contribution in [0.4, 0.5) is 17.6 Å². The number of carbonyl (C=O) groups is 1. The molecule has 0 bridgehead atoms. The summed E-state index contributed by atoms with van der Waals surface area (Å²) < 4.78 is 51.0. The Hall–Kier alpha value is -1.34. The maximum Gasteiger partial charge on any atom is 0.416 e. The smallest absolute Gasteiger partial charge is 0.350 e. The number of halogens is 5. The average molecular weight is 327 g/mol. The van der Waals surface area contributed by atoms with E-state index in [2.05, 4.69) is 5.32 Å². The van der Waals surface area contributed by atoms with Crippen molar-refractivity contribution in [1.82, 2.24) is 5.32 Å². The maximum absolute atomic E-state index is 13.5. The molecule has 0 saturated heterocycles. The van der Waals surface area contributed by atoms with Crippen molar-refractivity contribution in [1.29, 1.82) is 0 Å². The molecule has 1 aromatic carbocycles. The lowest BCUT2D eigenvalue weighted by molar-refractivity contribution is -0.137. The number of amides is 1. The highest BCUT2D eigenvalue weighted by Gasteiger charge is 2.34. The molecule has 0 aliphatic heterocycles. The molecular weight excluding hydrogens is 312 g/mol. The van der Waals surface area contributed by atoms with Gasteiger partial charge in [0.1, 0.15) is 5.82 Å². The number of benzene rings is 1. The van der Waals surface area contributed by atoms with Crippen molar-refractivity contribution in [2.24, 2.45) is 5.73 Å². The second-order valence-corrected chi connectivity index (χ2v) is 5.09. The molecule has 1 saturated carbocycles. The summed E-state index contributed by atoms with van der Waals surface area (Å²) in [6.45, 7) is 0.127. The van der Waals surface area contributed by atoms with E-state index in [-0.39, 0.29) is 19.0 Å². The molecule has 1 aliphatic carbocycles. The molecule has 1 aliphatic rings. The fraction of sp³-hybridized carbons (Fsp3) is 0.462. The highest BCUT2D eigenvalue weighted by Crippen LogP contribution is 2.31. The van der Waals surface area contributed by atoms with Crippen LogP contribution in [0.25, 0.3) is 0 Å². The van der Waals surface area contributed by atoms with Crippen LogP contribution in [-0.4, -0.2) is 18.0 Å². The van der Waals surface area contributed by atoms with Gasteiger partial charge in [-0.2, -0.15) is 13.2 Å². The van der Waals surface area contributed by atoms with E-state index in [1.165, 1.54) is 0 Å². The van der Waals surface area contributed by atoms with Crippen molar-refractivity contribution in [3.8, 4) is 0 Å². The monoisotopic (exact) mass is 326 g/mol. The van der Waals surface area contributed by atoms with Gasteiger partial charge in [0.2, 0.25) is 0 Å². The third kappa shape index (κ3) is 4.07. The number of nitrogens with two attached hydrogens (primary N) is 1. The lowest BCUT2D eigenvalue weighted by Crippen LogP contribution is -2.55. The van der Waals surface area contributed by atoms with Crippen molar-refractivity contribution < 1.29 is 22.4 Å². The highest BCUT2D eigenvalue weighted by atomic mass is 35.5. The summed E-state index contributed by atoms with van der Waals surface area (Å²) in [7, 11) is 0. The second kappa shape index (κ2) is 6.19. The first-order valence-electron chi connectivity index (χ1n) is 6.15. The Bertz CT molecular complexity index is 529. The lowest BCUT2D eigenvalue weighted by atomic mass is 9.78. The Kier molecular flexibility index (Phi) is 5.22. The third-order valence-electron chi connectivity index (χ3n) is 3.49. The van der Waals surface area contributed by atoms with E-state index in [1.54, 1.807) is 0 Å². The minimum absolute atomic E-state index is 0. The largest absolute Gasteiger partial charge is 0.416 e. The fourth-order valence-electron chi connectivity index (χ4n) is 2.03. The van der Waals surface area contributed by atoms with Crippen molar-refractivity contribution >= 4 is 18.3 Å². The topological polar surface area (TPSA) is 55.1 Å². The molecule has 3 N–H and O–H groups in total. The zero-order valence-corrected chi connectivity index (χ0v) is 11.8. The lowest BCUT2D eigenvalue weighted by Gasteiger charge is -2.38. The van der Waals surface area contributed by atoms with Gasteiger partial charge in [-0.05, 0) is 37.5 Å². The fourth-order valence-corrected chi connectivity index (χ4v) is 2.03. The molecule has 3 nitrogen and oxygen atoms in total. The van der Waals surface area contributed by atoms with Crippen LogP contribution in [0.15, 0.2) is 18.2 Å². The summed E-state index contributed by atoms with van der Waals surface area (Å²) in [5.74, 6) is -1.87. The number of hydrogen-bond donors (Lipinski definition) is 2. The molecule has 118 valence electrons. The van der Waals surface area contributed by atoms with Crippen LogP contribution in [0, 0.1) is 5.82 Å². The molecule has 0 radical (unpaired) electrons. The van der Waals surface area contributed by atoms with Gasteiger partial charge in [0.15, 0.2) is 0 Å². The Balaban J connectivity index is 0.00000220. The van der Waals surface area contributed by atoms with Gasteiger partial charge in [0, 0.05) is 12.1 Å². The zero-order valence-electron chi connectivity index (χ0n) is 11.0. The molecule has 0 spiro atoms. The molecule has 0 heterocycles. The second-order valence-electron chi connectivity index (χ2n) is 5.09. The van der Waals surface area contributed by atoms with Crippen LogP contribution in [0.2, 0.25) is 0 Å². The van der Waals surface area contributed by atoms with Crippen molar-refractivity contribution in [2.75, 3.05) is 6.54 Å². The number of carbonyl (C=O) groups excluding carboxylic acids is 1. The molecule has 1 aromatic rings. The van der Waals surface area contributed by atoms with Gasteiger partial charge in [-0.25, -0.2) is 4.39 Å². The first-order valence-corrected chi connectivity index (χ1v) is 6.15. The molecule has 0 aromatic heterocycles. The highest BCUT2D eigenvalue weighted by molar-refractivity contribution is 5.94. The van der Waals surface area contributed by atoms with Crippen LogP contribution in [0.5, 0.6) is 0 Å². The van der Waals surface area contributed by atoms with Crippen LogP contribution >= 0.6 is 12.4 Å². The first kappa shape index (κ1) is 17.7. The Morgan fingerprint density at radius 2 is 1.95 bits per heavy atom. The third-order valence-corrected chi connectivity index (χ3v) is 3.49. The summed E-state index contributed by atoms with van der Waals surface area (Å²) in [5.41, 5.74) is 3.68. The number of rotatable bonds is 3. The summed E-state index contributed by atoms with van der Waals surface area (Å²) in [6, 6.07) is 1.75. The van der Waals surface area contributed by atoms with Gasteiger partial charge in [0.25, 0.3) is 5.91 Å². The quantitative estimate of drug-likeness (QED) is 0.839. The maximum atomic E-state index is 13.5. The Morgan fingerprint density at radius 1 is 1.33 bits per heavy atom. The normalized spacial score (nSPS) is 16.6. The van der Waals surface area contributed by atoms with Gasteiger partial charge in [-0.3, -0.25) is 4.79 Å². The van der Waals surface area contributed by atoms with E-state index in [9.17, 15) is 22.4 Å². The summed E-state index contributed by atoms with van der Waals surface area (Å²) >= 11 is 0. The predicted octanol–water partition coefficient (Wildman–Crippen LogP) is 2.88. The molecular formula is C13H15ClF4N2O. The standard InChI is InChI=1S/C13H14F4N2O.ClH/c14-10-3-2-8(13(15,16)17)6-9(10)11(20)19-7-12(18)4-1-5-12;/h2-3,6H,1,4-5,7,18H2,(H,19,20);1H. The van der Waals surface area contributed by atoms with Crippen LogP contribution in [-0.2, 0) is 6.18 Å². The van der Waals surface area contributed by atoms with Crippen molar-refractivity contribution in [2.45, 2.75) is 31.0 Å². The van der Waals surface area contributed by atoms with E-state index < -0.39 is 34.6 Å². The Morgan fingerprint density at radius 3 is 2.43 bits per heavy atom. The minimum Gasteiger partial charge on any atom is -0.350 e. The van der Waals surface area contributed by atoms with Gasteiger partial charge >= 0.3 is 6.18 Å². The molecule has 0 atom stereocenters. The summed E-state index contributed by atoms with van der Waals surface area (Å²) in [5, 5.41) is 2.39. The van der Waals surface area contributed by atoms with Crippen LogP contribution in [0.1, 0.15) is 35.2 Å². The zero-order chi connectivity index (χ0) is 15.0. The molecule has 21 heavy (non-hydrogen) atoms. The van der Waals surface area contributed by atoms with E-state index in [0.717, 1.165) is 19.3 Å². The number of hydrogen-bond acceptors (Lipinski definition) is 2. The van der Waals surface area contributed by atoms with Gasteiger partial charge in [-0.1, -0.05) is 0 Å². The molecule has 1 fully saturated rings. The molecule has 1 amide bonds. The van der Waals surface area contributed by atoms with E-state index in [4.69, 9.17) is 5.73 Å². The molecule has 8 heteroatoms. The number of nitrogens with one attached hydrogen (secondary N) is 1. The minimum atomic E-state index is -4.62. The molecule has 0 unspecified atom stereocenters. The summed E-state index contributed by atoms with van der Waals surface area (Å²) in [6.07, 6.45) is -2.20. The first-order chi connectivity index (χ1) is 9.21. The SMILES string of the molecule is Cl.NC1(CNC(=O)c2cc(C(F)(F)F)ccc2F)CCC1. The Labute approximate surface area is 125 Å².